The maximum absolute atomic E-state index is 12.4. The zero-order valence-electron chi connectivity index (χ0n) is 14.4. The van der Waals surface area contributed by atoms with Gasteiger partial charge in [0.15, 0.2) is 6.61 Å². The molecule has 132 valence electrons. The first-order chi connectivity index (χ1) is 12.6. The van der Waals surface area contributed by atoms with Crippen LogP contribution in [-0.2, 0) is 18.3 Å². The van der Waals surface area contributed by atoms with Crippen molar-refractivity contribution in [3.63, 3.8) is 0 Å². The average Bonchev–Trinajstić information content (AvgIpc) is 2.97. The standard InChI is InChI=1S/C20H19N3O3/c1-23-11-14(15-4-2-3-5-17(15)23)8-9-21-20(25)13-6-7-18-16(10-13)22-19(24)12-26-18/h2-7,10-11H,8-9,12H2,1H3,(H,21,25)(H,22,24). The number of hydrogen-bond acceptors (Lipinski definition) is 3. The fourth-order valence-corrected chi connectivity index (χ4v) is 3.26. The van der Waals surface area contributed by atoms with Gasteiger partial charge in [-0.2, -0.15) is 0 Å². The molecular weight excluding hydrogens is 330 g/mol. The first-order valence-corrected chi connectivity index (χ1v) is 8.49. The normalized spacial score (nSPS) is 13.0. The highest BCUT2D eigenvalue weighted by Gasteiger charge is 2.17. The Bertz CT molecular complexity index is 1010. The Morgan fingerprint density at radius 1 is 1.27 bits per heavy atom. The molecule has 0 atom stereocenters. The highest BCUT2D eigenvalue weighted by molar-refractivity contribution is 5.99. The Hall–Kier alpha value is -3.28. The topological polar surface area (TPSA) is 72.4 Å². The molecule has 0 spiro atoms. The van der Waals surface area contributed by atoms with Gasteiger partial charge in [0.1, 0.15) is 5.75 Å². The molecule has 2 N–H and O–H groups in total. The molecule has 0 saturated heterocycles. The number of amides is 2. The van der Waals surface area contributed by atoms with Crippen molar-refractivity contribution in [3.8, 4) is 5.75 Å². The first kappa shape index (κ1) is 16.2. The Morgan fingerprint density at radius 2 is 2.12 bits per heavy atom. The van der Waals surface area contributed by atoms with Crippen molar-refractivity contribution >= 4 is 28.4 Å². The molecule has 2 heterocycles. The van der Waals surface area contributed by atoms with E-state index in [4.69, 9.17) is 4.74 Å². The number of nitrogens with zero attached hydrogens (tertiary/aromatic N) is 1. The summed E-state index contributed by atoms with van der Waals surface area (Å²) in [6.45, 7) is 0.538. The van der Waals surface area contributed by atoms with E-state index < -0.39 is 0 Å². The molecule has 1 aliphatic rings. The van der Waals surface area contributed by atoms with Crippen molar-refractivity contribution in [2.45, 2.75) is 6.42 Å². The van der Waals surface area contributed by atoms with Gasteiger partial charge in [0.25, 0.3) is 11.8 Å². The second kappa shape index (κ2) is 6.55. The fraction of sp³-hybridized carbons (Fsp3) is 0.200. The molecule has 2 amide bonds. The fourth-order valence-electron chi connectivity index (χ4n) is 3.26. The average molecular weight is 349 g/mol. The number of anilines is 1. The lowest BCUT2D eigenvalue weighted by atomic mass is 10.1. The van der Waals surface area contributed by atoms with E-state index >= 15 is 0 Å². The van der Waals surface area contributed by atoms with Crippen LogP contribution < -0.4 is 15.4 Å². The SMILES string of the molecule is Cn1cc(CCNC(=O)c2ccc3c(c2)NC(=O)CO3)c2ccccc21. The van der Waals surface area contributed by atoms with Crippen LogP contribution in [0.5, 0.6) is 5.75 Å². The summed E-state index contributed by atoms with van der Waals surface area (Å²) in [5, 5.41) is 6.86. The molecule has 3 aromatic rings. The Balaban J connectivity index is 1.42. The minimum absolute atomic E-state index is 0.00355. The van der Waals surface area contributed by atoms with E-state index in [2.05, 4.69) is 33.5 Å². The molecule has 0 bridgehead atoms. The Labute approximate surface area is 150 Å². The second-order valence-corrected chi connectivity index (χ2v) is 6.34. The molecule has 1 aromatic heterocycles. The summed E-state index contributed by atoms with van der Waals surface area (Å²) < 4.78 is 7.40. The van der Waals surface area contributed by atoms with Gasteiger partial charge in [-0.1, -0.05) is 18.2 Å². The van der Waals surface area contributed by atoms with Crippen molar-refractivity contribution in [2.24, 2.45) is 7.05 Å². The third-order valence-electron chi connectivity index (χ3n) is 4.53. The molecule has 0 unspecified atom stereocenters. The monoisotopic (exact) mass is 349 g/mol. The van der Waals surface area contributed by atoms with E-state index in [1.165, 1.54) is 16.5 Å². The summed E-state index contributed by atoms with van der Waals surface area (Å²) >= 11 is 0. The summed E-state index contributed by atoms with van der Waals surface area (Å²) in [6.07, 6.45) is 2.85. The number of carbonyl (C=O) groups excluding carboxylic acids is 2. The second-order valence-electron chi connectivity index (χ2n) is 6.34. The van der Waals surface area contributed by atoms with Crippen LogP contribution in [0, 0.1) is 0 Å². The molecule has 2 aromatic carbocycles. The van der Waals surface area contributed by atoms with Gasteiger partial charge in [-0.25, -0.2) is 0 Å². The maximum Gasteiger partial charge on any atom is 0.262 e. The number of aromatic nitrogens is 1. The van der Waals surface area contributed by atoms with Gasteiger partial charge < -0.3 is 19.9 Å². The van der Waals surface area contributed by atoms with E-state index in [-0.39, 0.29) is 18.4 Å². The van der Waals surface area contributed by atoms with E-state index in [9.17, 15) is 9.59 Å². The smallest absolute Gasteiger partial charge is 0.262 e. The van der Waals surface area contributed by atoms with Gasteiger partial charge in [-0.3, -0.25) is 9.59 Å². The third kappa shape index (κ3) is 3.01. The largest absolute Gasteiger partial charge is 0.482 e. The number of benzene rings is 2. The molecule has 26 heavy (non-hydrogen) atoms. The van der Waals surface area contributed by atoms with E-state index in [0.29, 0.717) is 23.5 Å². The molecule has 0 radical (unpaired) electrons. The van der Waals surface area contributed by atoms with Crippen molar-refractivity contribution in [1.29, 1.82) is 0 Å². The predicted molar refractivity (Wildman–Crippen MR) is 99.5 cm³/mol. The number of para-hydroxylation sites is 1. The number of ether oxygens (including phenoxy) is 1. The molecular formula is C20H19N3O3. The zero-order chi connectivity index (χ0) is 18.1. The number of fused-ring (bicyclic) bond motifs is 2. The van der Waals surface area contributed by atoms with Gasteiger partial charge in [-0.05, 0) is 36.2 Å². The van der Waals surface area contributed by atoms with Crippen LogP contribution in [0.2, 0.25) is 0 Å². The van der Waals surface area contributed by atoms with Crippen LogP contribution in [0.3, 0.4) is 0 Å². The molecule has 0 fully saturated rings. The van der Waals surface area contributed by atoms with Gasteiger partial charge in [0.2, 0.25) is 0 Å². The number of carbonyl (C=O) groups is 2. The van der Waals surface area contributed by atoms with Crippen molar-refractivity contribution in [2.75, 3.05) is 18.5 Å². The molecule has 1 aliphatic heterocycles. The van der Waals surface area contributed by atoms with Crippen molar-refractivity contribution in [3.05, 3.63) is 59.8 Å². The summed E-state index contributed by atoms with van der Waals surface area (Å²) in [5.41, 5.74) is 3.41. The molecule has 0 saturated carbocycles. The van der Waals surface area contributed by atoms with Crippen LogP contribution in [0.25, 0.3) is 10.9 Å². The predicted octanol–water partition coefficient (Wildman–Crippen LogP) is 2.48. The third-order valence-corrected chi connectivity index (χ3v) is 4.53. The highest BCUT2D eigenvalue weighted by Crippen LogP contribution is 2.28. The minimum Gasteiger partial charge on any atom is -0.482 e. The van der Waals surface area contributed by atoms with Gasteiger partial charge in [-0.15, -0.1) is 0 Å². The van der Waals surface area contributed by atoms with Crippen LogP contribution in [0.4, 0.5) is 5.69 Å². The van der Waals surface area contributed by atoms with Crippen LogP contribution in [-0.4, -0.2) is 29.5 Å². The number of hydrogen-bond donors (Lipinski definition) is 2. The van der Waals surface area contributed by atoms with Gasteiger partial charge in [0.05, 0.1) is 5.69 Å². The number of rotatable bonds is 4. The van der Waals surface area contributed by atoms with Gasteiger partial charge >= 0.3 is 0 Å². The minimum atomic E-state index is -0.217. The summed E-state index contributed by atoms with van der Waals surface area (Å²) in [6, 6.07) is 13.3. The van der Waals surface area contributed by atoms with Crippen LogP contribution in [0.1, 0.15) is 15.9 Å². The summed E-state index contributed by atoms with van der Waals surface area (Å²) in [7, 11) is 2.02. The number of nitrogens with one attached hydrogen (secondary N) is 2. The van der Waals surface area contributed by atoms with Gasteiger partial charge in [0, 0.05) is 36.3 Å². The van der Waals surface area contributed by atoms with E-state index in [1.54, 1.807) is 18.2 Å². The van der Waals surface area contributed by atoms with Crippen LogP contribution >= 0.6 is 0 Å². The molecule has 6 nitrogen and oxygen atoms in total. The Kier molecular flexibility index (Phi) is 4.08. The lowest BCUT2D eigenvalue weighted by molar-refractivity contribution is -0.118. The zero-order valence-corrected chi connectivity index (χ0v) is 14.4. The molecule has 4 rings (SSSR count). The van der Waals surface area contributed by atoms with Crippen molar-refractivity contribution in [1.82, 2.24) is 9.88 Å². The Morgan fingerprint density at radius 3 is 3.00 bits per heavy atom. The summed E-state index contributed by atoms with van der Waals surface area (Å²) in [4.78, 5) is 23.8. The molecule has 0 aliphatic carbocycles. The lowest BCUT2D eigenvalue weighted by Gasteiger charge is -2.18. The maximum atomic E-state index is 12.4. The van der Waals surface area contributed by atoms with E-state index in [0.717, 1.165) is 6.42 Å². The first-order valence-electron chi connectivity index (χ1n) is 8.49. The van der Waals surface area contributed by atoms with Crippen molar-refractivity contribution < 1.29 is 14.3 Å². The molecule has 6 heteroatoms. The lowest BCUT2D eigenvalue weighted by Crippen LogP contribution is -2.28. The highest BCUT2D eigenvalue weighted by atomic mass is 16.5. The van der Waals surface area contributed by atoms with Crippen LogP contribution in [0.15, 0.2) is 48.7 Å². The van der Waals surface area contributed by atoms with E-state index in [1.807, 2.05) is 19.2 Å². The quantitative estimate of drug-likeness (QED) is 0.760. The summed E-state index contributed by atoms with van der Waals surface area (Å²) in [5.74, 6) is 0.191. The number of aryl methyl sites for hydroxylation is 1.